The van der Waals surface area contributed by atoms with E-state index in [0.717, 1.165) is 16.7 Å². The van der Waals surface area contributed by atoms with Gasteiger partial charge in [0.2, 0.25) is 5.76 Å². The minimum atomic E-state index is -0.659. The number of amides is 3. The third kappa shape index (κ3) is 6.26. The number of para-hydroxylation sites is 1. The van der Waals surface area contributed by atoms with Gasteiger partial charge in [0.25, 0.3) is 17.1 Å². The Balaban J connectivity index is 1.46. The molecule has 4 rings (SSSR count). The van der Waals surface area contributed by atoms with E-state index < -0.39 is 17.1 Å². The summed E-state index contributed by atoms with van der Waals surface area (Å²) in [6, 6.07) is 15.1. The highest BCUT2D eigenvalue weighted by atomic mass is 79.9. The third-order valence-electron chi connectivity index (χ3n) is 5.22. The largest absolute Gasteiger partial charge is 0.493 e. The van der Waals surface area contributed by atoms with Gasteiger partial charge in [0.15, 0.2) is 18.1 Å². The highest BCUT2D eigenvalue weighted by Crippen LogP contribution is 2.38. The normalized spacial score (nSPS) is 14.1. The highest BCUT2D eigenvalue weighted by molar-refractivity contribution is 9.10. The van der Waals surface area contributed by atoms with Crippen molar-refractivity contribution in [2.24, 2.45) is 0 Å². The van der Waals surface area contributed by atoms with Gasteiger partial charge in [-0.3, -0.25) is 19.3 Å². The lowest BCUT2D eigenvalue weighted by molar-refractivity contribution is -0.123. The molecule has 0 saturated carbocycles. The van der Waals surface area contributed by atoms with Crippen LogP contribution < -0.4 is 14.8 Å². The van der Waals surface area contributed by atoms with Crippen LogP contribution in [0.2, 0.25) is 0 Å². The Bertz CT molecular complexity index is 1420. The molecule has 0 unspecified atom stereocenters. The Morgan fingerprint density at radius 2 is 1.84 bits per heavy atom. The van der Waals surface area contributed by atoms with Crippen molar-refractivity contribution in [3.05, 3.63) is 81.1 Å². The van der Waals surface area contributed by atoms with Crippen molar-refractivity contribution < 1.29 is 37.8 Å². The zero-order valence-electron chi connectivity index (χ0n) is 20.2. The number of anilines is 1. The SMILES string of the molecule is COC(=O)c1ccc(CN2C(=O)S/C(=C/c3cc(OC)c(OCC(=O)Nc4ccccc4)cc3Br)C2=O)o1. The number of furan rings is 1. The van der Waals surface area contributed by atoms with Gasteiger partial charge in [0.05, 0.1) is 25.7 Å². The number of hydrogen-bond acceptors (Lipinski definition) is 9. The van der Waals surface area contributed by atoms with Crippen molar-refractivity contribution in [1.29, 1.82) is 0 Å². The lowest BCUT2D eigenvalue weighted by Gasteiger charge is -2.13. The molecule has 2 aromatic carbocycles. The van der Waals surface area contributed by atoms with Crippen LogP contribution in [0.1, 0.15) is 21.9 Å². The van der Waals surface area contributed by atoms with Crippen molar-refractivity contribution in [2.75, 3.05) is 26.1 Å². The van der Waals surface area contributed by atoms with Crippen LogP contribution in [0.25, 0.3) is 6.08 Å². The van der Waals surface area contributed by atoms with E-state index in [4.69, 9.17) is 13.9 Å². The van der Waals surface area contributed by atoms with Gasteiger partial charge in [-0.15, -0.1) is 0 Å². The molecule has 3 aromatic rings. The predicted octanol–water partition coefficient (Wildman–Crippen LogP) is 5.09. The summed E-state index contributed by atoms with van der Waals surface area (Å²) in [5, 5.41) is 2.25. The second-order valence-electron chi connectivity index (χ2n) is 7.75. The first-order valence-electron chi connectivity index (χ1n) is 11.1. The molecule has 3 amide bonds. The highest BCUT2D eigenvalue weighted by Gasteiger charge is 2.36. The van der Waals surface area contributed by atoms with E-state index >= 15 is 0 Å². The maximum atomic E-state index is 12.9. The van der Waals surface area contributed by atoms with Gasteiger partial charge < -0.3 is 23.9 Å². The van der Waals surface area contributed by atoms with Crippen LogP contribution in [0.3, 0.4) is 0 Å². The molecule has 38 heavy (non-hydrogen) atoms. The molecule has 0 radical (unpaired) electrons. The molecule has 1 saturated heterocycles. The number of imide groups is 1. The molecule has 0 spiro atoms. The monoisotopic (exact) mass is 600 g/mol. The molecule has 0 atom stereocenters. The number of benzene rings is 2. The molecule has 1 N–H and O–H groups in total. The minimum absolute atomic E-state index is 0.0269. The van der Waals surface area contributed by atoms with Crippen LogP contribution in [0.4, 0.5) is 10.5 Å². The average molecular weight is 601 g/mol. The molecular formula is C26H21BrN2O8S. The van der Waals surface area contributed by atoms with Gasteiger partial charge in [-0.05, 0) is 59.8 Å². The summed E-state index contributed by atoms with van der Waals surface area (Å²) in [6.45, 7) is -0.387. The Hall–Kier alpha value is -4.03. The van der Waals surface area contributed by atoms with Crippen molar-refractivity contribution in [2.45, 2.75) is 6.54 Å². The number of methoxy groups -OCH3 is 2. The smallest absolute Gasteiger partial charge is 0.373 e. The van der Waals surface area contributed by atoms with Crippen LogP contribution in [-0.4, -0.2) is 48.7 Å². The van der Waals surface area contributed by atoms with Gasteiger partial charge >= 0.3 is 5.97 Å². The Labute approximate surface area is 230 Å². The summed E-state index contributed by atoms with van der Waals surface area (Å²) < 4.78 is 21.6. The predicted molar refractivity (Wildman–Crippen MR) is 143 cm³/mol. The van der Waals surface area contributed by atoms with Crippen molar-refractivity contribution in [1.82, 2.24) is 4.90 Å². The van der Waals surface area contributed by atoms with E-state index in [0.29, 0.717) is 27.2 Å². The third-order valence-corrected chi connectivity index (χ3v) is 6.82. The number of carbonyl (C=O) groups excluding carboxylic acids is 4. The number of nitrogens with one attached hydrogen (secondary N) is 1. The summed E-state index contributed by atoms with van der Waals surface area (Å²) in [7, 11) is 2.67. The summed E-state index contributed by atoms with van der Waals surface area (Å²) in [4.78, 5) is 50.5. The molecule has 10 nitrogen and oxygen atoms in total. The van der Waals surface area contributed by atoms with Crippen molar-refractivity contribution in [3.8, 4) is 11.5 Å². The van der Waals surface area contributed by atoms with Crippen LogP contribution >= 0.6 is 27.7 Å². The molecule has 0 aliphatic carbocycles. The molecule has 1 fully saturated rings. The topological polar surface area (TPSA) is 124 Å². The van der Waals surface area contributed by atoms with Crippen LogP contribution in [-0.2, 0) is 20.9 Å². The molecular weight excluding hydrogens is 580 g/mol. The second-order valence-corrected chi connectivity index (χ2v) is 9.60. The molecule has 12 heteroatoms. The number of ether oxygens (including phenoxy) is 3. The quantitative estimate of drug-likeness (QED) is 0.264. The maximum Gasteiger partial charge on any atom is 0.373 e. The minimum Gasteiger partial charge on any atom is -0.493 e. The lowest BCUT2D eigenvalue weighted by Crippen LogP contribution is -2.27. The van der Waals surface area contributed by atoms with Crippen LogP contribution in [0.15, 0.2) is 68.4 Å². The number of carbonyl (C=O) groups is 4. The first kappa shape index (κ1) is 27.0. The molecule has 1 aliphatic heterocycles. The summed E-state index contributed by atoms with van der Waals surface area (Å²) >= 11 is 4.22. The molecule has 0 bridgehead atoms. The van der Waals surface area contributed by atoms with E-state index in [1.807, 2.05) is 18.2 Å². The van der Waals surface area contributed by atoms with Crippen LogP contribution in [0, 0.1) is 0 Å². The number of nitrogens with zero attached hydrogens (tertiary/aromatic N) is 1. The molecule has 196 valence electrons. The maximum absolute atomic E-state index is 12.9. The van der Waals surface area contributed by atoms with Gasteiger partial charge in [-0.25, -0.2) is 4.79 Å². The fourth-order valence-corrected chi connectivity index (χ4v) is 4.67. The number of hydrogen-bond donors (Lipinski definition) is 1. The number of thioether (sulfide) groups is 1. The zero-order chi connectivity index (χ0) is 27.2. The second kappa shape index (κ2) is 12.0. The zero-order valence-corrected chi connectivity index (χ0v) is 22.6. The molecule has 1 aromatic heterocycles. The van der Waals surface area contributed by atoms with E-state index in [2.05, 4.69) is 26.0 Å². The first-order chi connectivity index (χ1) is 18.3. The first-order valence-corrected chi connectivity index (χ1v) is 12.7. The molecule has 1 aliphatic rings. The Morgan fingerprint density at radius 3 is 2.55 bits per heavy atom. The van der Waals surface area contributed by atoms with Crippen molar-refractivity contribution in [3.63, 3.8) is 0 Å². The van der Waals surface area contributed by atoms with Gasteiger partial charge in [-0.2, -0.15) is 0 Å². The van der Waals surface area contributed by atoms with E-state index in [1.165, 1.54) is 26.4 Å². The fourth-order valence-electron chi connectivity index (χ4n) is 3.40. The average Bonchev–Trinajstić information content (AvgIpc) is 3.49. The van der Waals surface area contributed by atoms with Gasteiger partial charge in [-0.1, -0.05) is 34.1 Å². The number of rotatable bonds is 9. The number of halogens is 1. The van der Waals surface area contributed by atoms with E-state index in [9.17, 15) is 19.2 Å². The Kier molecular flexibility index (Phi) is 8.54. The van der Waals surface area contributed by atoms with Gasteiger partial charge in [0.1, 0.15) is 5.76 Å². The standard InChI is InChI=1S/C26H21BrN2O8S/c1-34-20-10-15(18(27)12-21(20)36-14-23(30)28-16-6-4-3-5-7-16)11-22-24(31)29(26(33)38-22)13-17-8-9-19(37-17)25(32)35-2/h3-12H,13-14H2,1-2H3,(H,28,30)/b22-11+. The van der Waals surface area contributed by atoms with Gasteiger partial charge in [0, 0.05) is 10.2 Å². The molecule has 2 heterocycles. The van der Waals surface area contributed by atoms with Crippen molar-refractivity contribution >= 4 is 62.5 Å². The van der Waals surface area contributed by atoms with Crippen LogP contribution in [0.5, 0.6) is 11.5 Å². The summed E-state index contributed by atoms with van der Waals surface area (Å²) in [5.41, 5.74) is 1.20. The fraction of sp³-hybridized carbons (Fsp3) is 0.154. The summed E-state index contributed by atoms with van der Waals surface area (Å²) in [5.74, 6) is -0.643. The summed E-state index contributed by atoms with van der Waals surface area (Å²) in [6.07, 6.45) is 1.55. The Morgan fingerprint density at radius 1 is 1.08 bits per heavy atom. The van der Waals surface area contributed by atoms with E-state index in [1.54, 1.807) is 30.3 Å². The van der Waals surface area contributed by atoms with E-state index in [-0.39, 0.29) is 35.5 Å². The number of esters is 1. The lowest BCUT2D eigenvalue weighted by atomic mass is 10.2.